The number of carbonyl (C=O) groups excluding carboxylic acids is 1. The van der Waals surface area contributed by atoms with E-state index in [1.807, 2.05) is 6.92 Å². The van der Waals surface area contributed by atoms with E-state index in [1.165, 1.54) is 6.08 Å². The third-order valence-corrected chi connectivity index (χ3v) is 3.40. The molecule has 0 saturated carbocycles. The number of nitrogens with one attached hydrogen (secondary N) is 1. The minimum absolute atomic E-state index is 0.224. The SMILES string of the molecule is Cc1nn(CC(C)C)c(Cl)c1/C=C/C(=O)Nc1ccncc1. The molecule has 2 heterocycles. The highest BCUT2D eigenvalue weighted by atomic mass is 35.5. The van der Waals surface area contributed by atoms with Crippen LogP contribution in [0.1, 0.15) is 25.1 Å². The molecular formula is C16H19ClN4O. The van der Waals surface area contributed by atoms with Crippen LogP contribution in [-0.2, 0) is 11.3 Å². The monoisotopic (exact) mass is 318 g/mol. The molecule has 0 aromatic carbocycles. The van der Waals surface area contributed by atoms with Crippen molar-refractivity contribution in [2.24, 2.45) is 5.92 Å². The third-order valence-electron chi connectivity index (χ3n) is 3.00. The number of hydrogen-bond acceptors (Lipinski definition) is 3. The summed E-state index contributed by atoms with van der Waals surface area (Å²) in [6.07, 6.45) is 6.39. The van der Waals surface area contributed by atoms with Gasteiger partial charge < -0.3 is 5.32 Å². The second kappa shape index (κ2) is 7.22. The van der Waals surface area contributed by atoms with Gasteiger partial charge in [-0.1, -0.05) is 25.4 Å². The summed E-state index contributed by atoms with van der Waals surface area (Å²) in [6, 6.07) is 3.45. The molecule has 0 fully saturated rings. The number of rotatable bonds is 5. The minimum atomic E-state index is -0.224. The maximum atomic E-state index is 11.9. The van der Waals surface area contributed by atoms with Gasteiger partial charge in [-0.15, -0.1) is 0 Å². The Morgan fingerprint density at radius 2 is 2.09 bits per heavy atom. The van der Waals surface area contributed by atoms with Crippen LogP contribution in [0.3, 0.4) is 0 Å². The summed E-state index contributed by atoms with van der Waals surface area (Å²) in [7, 11) is 0. The first-order valence-corrected chi connectivity index (χ1v) is 7.47. The lowest BCUT2D eigenvalue weighted by Gasteiger charge is -2.05. The average molecular weight is 319 g/mol. The van der Waals surface area contributed by atoms with Crippen LogP contribution < -0.4 is 5.32 Å². The average Bonchev–Trinajstić information content (AvgIpc) is 2.72. The quantitative estimate of drug-likeness (QED) is 0.858. The maximum Gasteiger partial charge on any atom is 0.248 e. The Balaban J connectivity index is 2.09. The van der Waals surface area contributed by atoms with Crippen LogP contribution in [0.4, 0.5) is 5.69 Å². The van der Waals surface area contributed by atoms with Crippen molar-refractivity contribution in [2.45, 2.75) is 27.3 Å². The molecule has 0 bridgehead atoms. The van der Waals surface area contributed by atoms with Gasteiger partial charge in [0.1, 0.15) is 5.15 Å². The lowest BCUT2D eigenvalue weighted by molar-refractivity contribution is -0.111. The summed E-state index contributed by atoms with van der Waals surface area (Å²) in [5, 5.41) is 7.71. The Labute approximate surface area is 135 Å². The van der Waals surface area contributed by atoms with Gasteiger partial charge in [-0.05, 0) is 31.1 Å². The molecular weight excluding hydrogens is 300 g/mol. The van der Waals surface area contributed by atoms with Gasteiger partial charge >= 0.3 is 0 Å². The number of pyridine rings is 1. The van der Waals surface area contributed by atoms with Crippen molar-refractivity contribution in [2.75, 3.05) is 5.32 Å². The Hall–Kier alpha value is -2.14. The summed E-state index contributed by atoms with van der Waals surface area (Å²) in [4.78, 5) is 15.8. The molecule has 2 aromatic heterocycles. The van der Waals surface area contributed by atoms with E-state index >= 15 is 0 Å². The maximum absolute atomic E-state index is 11.9. The van der Waals surface area contributed by atoms with Gasteiger partial charge in [0.2, 0.25) is 5.91 Å². The van der Waals surface area contributed by atoms with Gasteiger partial charge in [0.05, 0.1) is 5.69 Å². The first-order valence-electron chi connectivity index (χ1n) is 7.09. The molecule has 6 heteroatoms. The zero-order valence-electron chi connectivity index (χ0n) is 12.9. The van der Waals surface area contributed by atoms with Crippen molar-refractivity contribution in [1.29, 1.82) is 0 Å². The van der Waals surface area contributed by atoms with Gasteiger partial charge in [-0.2, -0.15) is 5.10 Å². The van der Waals surface area contributed by atoms with Gasteiger partial charge in [-0.3, -0.25) is 14.5 Å². The number of aromatic nitrogens is 3. The predicted octanol–water partition coefficient (Wildman–Crippen LogP) is 3.55. The molecule has 0 radical (unpaired) electrons. The highest BCUT2D eigenvalue weighted by molar-refractivity contribution is 6.31. The number of nitrogens with zero attached hydrogens (tertiary/aromatic N) is 3. The van der Waals surface area contributed by atoms with Crippen LogP contribution in [0.25, 0.3) is 6.08 Å². The molecule has 0 unspecified atom stereocenters. The lowest BCUT2D eigenvalue weighted by Crippen LogP contribution is -2.07. The molecule has 0 atom stereocenters. The first kappa shape index (κ1) is 16.2. The molecule has 2 aromatic rings. The van der Waals surface area contributed by atoms with Crippen LogP contribution >= 0.6 is 11.6 Å². The van der Waals surface area contributed by atoms with E-state index in [9.17, 15) is 4.79 Å². The molecule has 5 nitrogen and oxygen atoms in total. The van der Waals surface area contributed by atoms with E-state index in [4.69, 9.17) is 11.6 Å². The molecule has 1 N–H and O–H groups in total. The molecule has 116 valence electrons. The van der Waals surface area contributed by atoms with Gasteiger partial charge in [0, 0.05) is 36.3 Å². The fourth-order valence-corrected chi connectivity index (χ4v) is 2.31. The van der Waals surface area contributed by atoms with E-state index in [0.29, 0.717) is 16.8 Å². The molecule has 0 aliphatic carbocycles. The molecule has 2 rings (SSSR count). The van der Waals surface area contributed by atoms with Gasteiger partial charge in [0.25, 0.3) is 0 Å². The van der Waals surface area contributed by atoms with Crippen molar-refractivity contribution in [1.82, 2.24) is 14.8 Å². The smallest absolute Gasteiger partial charge is 0.248 e. The molecule has 1 amide bonds. The van der Waals surface area contributed by atoms with Crippen LogP contribution in [-0.4, -0.2) is 20.7 Å². The Morgan fingerprint density at radius 1 is 1.41 bits per heavy atom. The zero-order chi connectivity index (χ0) is 16.1. The molecule has 0 aliphatic heterocycles. The van der Waals surface area contributed by atoms with E-state index in [2.05, 4.69) is 29.2 Å². The second-order valence-electron chi connectivity index (χ2n) is 5.42. The van der Waals surface area contributed by atoms with Crippen LogP contribution in [0.15, 0.2) is 30.6 Å². The molecule has 22 heavy (non-hydrogen) atoms. The number of carbonyl (C=O) groups is 1. The number of amides is 1. The first-order chi connectivity index (χ1) is 10.5. The van der Waals surface area contributed by atoms with Gasteiger partial charge in [0.15, 0.2) is 0 Å². The lowest BCUT2D eigenvalue weighted by atomic mass is 10.2. The van der Waals surface area contributed by atoms with E-state index in [-0.39, 0.29) is 5.91 Å². The summed E-state index contributed by atoms with van der Waals surface area (Å²) < 4.78 is 1.77. The number of halogens is 1. The van der Waals surface area contributed by atoms with E-state index in [1.54, 1.807) is 35.3 Å². The van der Waals surface area contributed by atoms with Crippen molar-refractivity contribution >= 4 is 29.3 Å². The van der Waals surface area contributed by atoms with Crippen molar-refractivity contribution in [3.63, 3.8) is 0 Å². The summed E-state index contributed by atoms with van der Waals surface area (Å²) >= 11 is 6.33. The Kier molecular flexibility index (Phi) is 5.33. The number of hydrogen-bond donors (Lipinski definition) is 1. The standard InChI is InChI=1S/C16H19ClN4O/c1-11(2)10-21-16(17)14(12(3)20-21)4-5-15(22)19-13-6-8-18-9-7-13/h4-9,11H,10H2,1-3H3,(H,18,19,22)/b5-4+. The summed E-state index contributed by atoms with van der Waals surface area (Å²) in [5.41, 5.74) is 2.27. The molecule has 0 saturated heterocycles. The zero-order valence-corrected chi connectivity index (χ0v) is 13.6. The Morgan fingerprint density at radius 3 is 2.73 bits per heavy atom. The van der Waals surface area contributed by atoms with E-state index < -0.39 is 0 Å². The van der Waals surface area contributed by atoms with Crippen LogP contribution in [0.2, 0.25) is 5.15 Å². The third kappa shape index (κ3) is 4.18. The normalized spacial score (nSPS) is 11.3. The molecule has 0 aliphatic rings. The van der Waals surface area contributed by atoms with Crippen LogP contribution in [0.5, 0.6) is 0 Å². The fraction of sp³-hybridized carbons (Fsp3) is 0.312. The summed E-state index contributed by atoms with van der Waals surface area (Å²) in [5.74, 6) is 0.224. The highest BCUT2D eigenvalue weighted by Gasteiger charge is 2.12. The number of aryl methyl sites for hydroxylation is 1. The second-order valence-corrected chi connectivity index (χ2v) is 5.78. The predicted molar refractivity (Wildman–Crippen MR) is 88.7 cm³/mol. The van der Waals surface area contributed by atoms with Gasteiger partial charge in [-0.25, -0.2) is 0 Å². The minimum Gasteiger partial charge on any atom is -0.322 e. The van der Waals surface area contributed by atoms with Crippen molar-refractivity contribution in [3.05, 3.63) is 47.0 Å². The van der Waals surface area contributed by atoms with E-state index in [0.717, 1.165) is 17.8 Å². The fourth-order valence-electron chi connectivity index (χ4n) is 2.00. The molecule has 0 spiro atoms. The topological polar surface area (TPSA) is 59.8 Å². The van der Waals surface area contributed by atoms with Crippen LogP contribution in [0, 0.1) is 12.8 Å². The number of anilines is 1. The Bertz CT molecular complexity index is 677. The summed E-state index contributed by atoms with van der Waals surface area (Å²) in [6.45, 7) is 6.83. The highest BCUT2D eigenvalue weighted by Crippen LogP contribution is 2.22. The van der Waals surface area contributed by atoms with Crippen molar-refractivity contribution < 1.29 is 4.79 Å². The van der Waals surface area contributed by atoms with Crippen molar-refractivity contribution in [3.8, 4) is 0 Å². The largest absolute Gasteiger partial charge is 0.322 e.